The molecule has 0 aliphatic rings. The van der Waals surface area contributed by atoms with Crippen LogP contribution in [0.5, 0.6) is 5.75 Å². The molecule has 2 N–H and O–H groups in total. The summed E-state index contributed by atoms with van der Waals surface area (Å²) < 4.78 is 5.46. The average Bonchev–Trinajstić information content (AvgIpc) is 2.56. The number of ether oxygens (including phenoxy) is 1. The molecule has 1 atom stereocenters. The summed E-state index contributed by atoms with van der Waals surface area (Å²) in [6, 6.07) is 16.8. The second kappa shape index (κ2) is 8.80. The van der Waals surface area contributed by atoms with Gasteiger partial charge in [0.1, 0.15) is 5.75 Å². The van der Waals surface area contributed by atoms with E-state index in [9.17, 15) is 4.79 Å². The van der Waals surface area contributed by atoms with Gasteiger partial charge in [0.25, 0.3) is 0 Å². The monoisotopic (exact) mass is 314 g/mol. The van der Waals surface area contributed by atoms with Gasteiger partial charge in [0.05, 0.1) is 19.3 Å². The molecule has 1 unspecified atom stereocenters. The molecule has 0 saturated carbocycles. The highest BCUT2D eigenvalue weighted by atomic mass is 16.7. The lowest BCUT2D eigenvalue weighted by Crippen LogP contribution is -2.36. The number of carbonyl (C=O) groups is 1. The van der Waals surface area contributed by atoms with E-state index in [1.807, 2.05) is 68.4 Å². The number of nitrogens with one attached hydrogen (secondary N) is 2. The third-order valence-electron chi connectivity index (χ3n) is 3.26. The molecule has 2 amide bonds. The van der Waals surface area contributed by atoms with E-state index in [0.717, 1.165) is 16.9 Å². The number of hydroxylamine groups is 1. The smallest absolute Gasteiger partial charge is 0.339 e. The Bertz CT molecular complexity index is 617. The zero-order valence-corrected chi connectivity index (χ0v) is 13.4. The van der Waals surface area contributed by atoms with Crippen molar-refractivity contribution in [3.8, 4) is 5.75 Å². The zero-order valence-electron chi connectivity index (χ0n) is 13.4. The predicted molar refractivity (Wildman–Crippen MR) is 88.9 cm³/mol. The lowest BCUT2D eigenvalue weighted by atomic mass is 10.1. The molecule has 0 heterocycles. The van der Waals surface area contributed by atoms with Crippen molar-refractivity contribution in [1.82, 2.24) is 10.8 Å². The van der Waals surface area contributed by atoms with Gasteiger partial charge in [0.15, 0.2) is 0 Å². The highest BCUT2D eigenvalue weighted by Crippen LogP contribution is 2.19. The summed E-state index contributed by atoms with van der Waals surface area (Å²) in [6.07, 6.45) is 0. The van der Waals surface area contributed by atoms with Crippen LogP contribution in [-0.2, 0) is 11.4 Å². The van der Waals surface area contributed by atoms with Gasteiger partial charge in [0.2, 0.25) is 0 Å². The van der Waals surface area contributed by atoms with Crippen molar-refractivity contribution in [1.29, 1.82) is 0 Å². The van der Waals surface area contributed by atoms with Gasteiger partial charge >= 0.3 is 6.03 Å². The van der Waals surface area contributed by atoms with Crippen LogP contribution in [0.1, 0.15) is 31.0 Å². The van der Waals surface area contributed by atoms with Crippen LogP contribution in [0.2, 0.25) is 0 Å². The maximum Gasteiger partial charge on any atom is 0.339 e. The van der Waals surface area contributed by atoms with Crippen LogP contribution in [0.15, 0.2) is 54.6 Å². The fraction of sp³-hybridized carbons (Fsp3) is 0.278. The number of hydrogen-bond acceptors (Lipinski definition) is 3. The van der Waals surface area contributed by atoms with E-state index in [1.54, 1.807) is 0 Å². The molecule has 0 aromatic heterocycles. The first-order valence-corrected chi connectivity index (χ1v) is 7.64. The van der Waals surface area contributed by atoms with E-state index < -0.39 is 0 Å². The Morgan fingerprint density at radius 1 is 1.13 bits per heavy atom. The van der Waals surface area contributed by atoms with Crippen molar-refractivity contribution in [2.75, 3.05) is 6.61 Å². The molecule has 2 aromatic rings. The average molecular weight is 314 g/mol. The number of hydrogen-bond donors (Lipinski definition) is 2. The van der Waals surface area contributed by atoms with E-state index in [-0.39, 0.29) is 12.1 Å². The highest BCUT2D eigenvalue weighted by molar-refractivity contribution is 5.73. The predicted octanol–water partition coefficient (Wildman–Crippen LogP) is 3.58. The molecule has 0 fully saturated rings. The Balaban J connectivity index is 1.79. The second-order valence-electron chi connectivity index (χ2n) is 5.08. The molecule has 0 aliphatic heterocycles. The van der Waals surface area contributed by atoms with E-state index in [0.29, 0.717) is 13.2 Å². The van der Waals surface area contributed by atoms with E-state index in [4.69, 9.17) is 9.57 Å². The van der Waals surface area contributed by atoms with Crippen LogP contribution in [0, 0.1) is 0 Å². The molecule has 0 aliphatic carbocycles. The molecule has 23 heavy (non-hydrogen) atoms. The van der Waals surface area contributed by atoms with Gasteiger partial charge in [-0.25, -0.2) is 10.3 Å². The second-order valence-corrected chi connectivity index (χ2v) is 5.08. The molecular formula is C18H22N2O3. The number of urea groups is 1. The first-order chi connectivity index (χ1) is 11.2. The van der Waals surface area contributed by atoms with E-state index in [2.05, 4.69) is 10.8 Å². The van der Waals surface area contributed by atoms with Gasteiger partial charge in [0, 0.05) is 0 Å². The Morgan fingerprint density at radius 3 is 2.65 bits per heavy atom. The minimum Gasteiger partial charge on any atom is -0.494 e. The Morgan fingerprint density at radius 2 is 1.91 bits per heavy atom. The standard InChI is InChI=1S/C18H22N2O3/c1-3-22-17-11-7-10-16(12-17)14(2)19-18(21)20-23-13-15-8-5-4-6-9-15/h4-12,14H,3,13H2,1-2H3,(H2,19,20,21). The minimum absolute atomic E-state index is 0.157. The summed E-state index contributed by atoms with van der Waals surface area (Å²) in [4.78, 5) is 17.0. The van der Waals surface area contributed by atoms with Crippen LogP contribution < -0.4 is 15.5 Å². The fourth-order valence-corrected chi connectivity index (χ4v) is 2.11. The maximum atomic E-state index is 11.8. The van der Waals surface area contributed by atoms with Gasteiger partial charge in [-0.15, -0.1) is 0 Å². The topological polar surface area (TPSA) is 59.6 Å². The third-order valence-corrected chi connectivity index (χ3v) is 3.26. The van der Waals surface area contributed by atoms with Crippen molar-refractivity contribution in [3.63, 3.8) is 0 Å². The van der Waals surface area contributed by atoms with Crippen LogP contribution in [-0.4, -0.2) is 12.6 Å². The van der Waals surface area contributed by atoms with E-state index in [1.165, 1.54) is 0 Å². The Hall–Kier alpha value is -2.53. The normalized spacial score (nSPS) is 11.6. The molecule has 0 bridgehead atoms. The summed E-state index contributed by atoms with van der Waals surface area (Å²) in [7, 11) is 0. The Kier molecular flexibility index (Phi) is 6.44. The first kappa shape index (κ1) is 16.8. The van der Waals surface area contributed by atoms with Crippen molar-refractivity contribution in [3.05, 3.63) is 65.7 Å². The number of rotatable bonds is 7. The summed E-state index contributed by atoms with van der Waals surface area (Å²) >= 11 is 0. The zero-order chi connectivity index (χ0) is 16.5. The first-order valence-electron chi connectivity index (χ1n) is 7.64. The molecule has 2 aromatic carbocycles. The van der Waals surface area contributed by atoms with E-state index >= 15 is 0 Å². The molecule has 5 nitrogen and oxygen atoms in total. The van der Waals surface area contributed by atoms with Gasteiger partial charge in [-0.05, 0) is 37.1 Å². The van der Waals surface area contributed by atoms with Crippen LogP contribution in [0.25, 0.3) is 0 Å². The lowest BCUT2D eigenvalue weighted by molar-refractivity contribution is 0.0483. The summed E-state index contributed by atoms with van der Waals surface area (Å²) in [5, 5.41) is 2.82. The van der Waals surface area contributed by atoms with Gasteiger partial charge < -0.3 is 10.1 Å². The van der Waals surface area contributed by atoms with Crippen molar-refractivity contribution in [2.45, 2.75) is 26.5 Å². The highest BCUT2D eigenvalue weighted by Gasteiger charge is 2.10. The Labute approximate surface area is 136 Å². The number of benzene rings is 2. The molecule has 2 rings (SSSR count). The molecule has 0 spiro atoms. The van der Waals surface area contributed by atoms with Gasteiger partial charge in [-0.3, -0.25) is 4.84 Å². The molecular weight excluding hydrogens is 292 g/mol. The number of amides is 2. The van der Waals surface area contributed by atoms with Crippen LogP contribution in [0.4, 0.5) is 4.79 Å². The maximum absolute atomic E-state index is 11.8. The van der Waals surface area contributed by atoms with Crippen LogP contribution >= 0.6 is 0 Å². The number of carbonyl (C=O) groups excluding carboxylic acids is 1. The van der Waals surface area contributed by atoms with Gasteiger partial charge in [-0.2, -0.15) is 0 Å². The summed E-state index contributed by atoms with van der Waals surface area (Å²) in [5.74, 6) is 0.791. The van der Waals surface area contributed by atoms with Gasteiger partial charge in [-0.1, -0.05) is 42.5 Å². The fourth-order valence-electron chi connectivity index (χ4n) is 2.11. The SMILES string of the molecule is CCOc1cccc(C(C)NC(=O)NOCc2ccccc2)c1. The molecule has 0 radical (unpaired) electrons. The quantitative estimate of drug-likeness (QED) is 0.768. The van der Waals surface area contributed by atoms with Crippen molar-refractivity contribution in [2.24, 2.45) is 0 Å². The third kappa shape index (κ3) is 5.64. The summed E-state index contributed by atoms with van der Waals surface area (Å²) in [6.45, 7) is 4.77. The molecule has 0 saturated heterocycles. The largest absolute Gasteiger partial charge is 0.494 e. The summed E-state index contributed by atoms with van der Waals surface area (Å²) in [5.41, 5.74) is 4.35. The lowest BCUT2D eigenvalue weighted by Gasteiger charge is -2.16. The molecule has 122 valence electrons. The van der Waals surface area contributed by atoms with Crippen LogP contribution in [0.3, 0.4) is 0 Å². The molecule has 5 heteroatoms. The van der Waals surface area contributed by atoms with Crippen molar-refractivity contribution < 1.29 is 14.4 Å². The minimum atomic E-state index is -0.379. The van der Waals surface area contributed by atoms with Crippen molar-refractivity contribution >= 4 is 6.03 Å².